The van der Waals surface area contributed by atoms with Gasteiger partial charge in [0, 0.05) is 57.0 Å². The van der Waals surface area contributed by atoms with Crippen LogP contribution in [0.2, 0.25) is 0 Å². The number of nitro benzene ring substituents is 1. The van der Waals surface area contributed by atoms with Gasteiger partial charge in [0.05, 0.1) is 10.4 Å². The number of H-pyrrole nitrogens is 1. The quantitative estimate of drug-likeness (QED) is 0.458. The number of fused-ring (bicyclic) bond motifs is 1. The number of benzene rings is 1. The van der Waals surface area contributed by atoms with Crippen LogP contribution in [-0.4, -0.2) is 51.5 Å². The number of non-ortho nitro benzene ring substituents is 1. The van der Waals surface area contributed by atoms with Crippen LogP contribution < -0.4 is 16.1 Å². The van der Waals surface area contributed by atoms with E-state index in [-0.39, 0.29) is 30.1 Å². The van der Waals surface area contributed by atoms with E-state index in [1.807, 2.05) is 0 Å². The molecule has 0 spiro atoms. The summed E-state index contributed by atoms with van der Waals surface area (Å²) >= 11 is 1.28. The average Bonchev–Trinajstić information content (AvgIpc) is 3.24. The highest BCUT2D eigenvalue weighted by Gasteiger charge is 2.21. The van der Waals surface area contributed by atoms with Crippen LogP contribution in [0.3, 0.4) is 0 Å². The molecule has 11 heteroatoms. The number of thiophene rings is 1. The number of carbonyl (C=O) groups is 1. The number of carbonyl (C=O) groups excluding carboxylic acids is 1. The molecule has 1 saturated heterocycles. The summed E-state index contributed by atoms with van der Waals surface area (Å²) in [5.41, 5.74) is 0.699. The van der Waals surface area contributed by atoms with Crippen molar-refractivity contribution < 1.29 is 9.72 Å². The van der Waals surface area contributed by atoms with E-state index in [1.54, 1.807) is 28.5 Å². The second-order valence-corrected chi connectivity index (χ2v) is 8.21. The Hall–Kier alpha value is -3.47. The molecule has 1 aliphatic heterocycles. The fourth-order valence-corrected chi connectivity index (χ4v) is 4.52. The molecular weight excluding hydrogens is 422 g/mol. The van der Waals surface area contributed by atoms with Crippen molar-refractivity contribution in [1.82, 2.24) is 14.5 Å². The first-order chi connectivity index (χ1) is 14.9. The lowest BCUT2D eigenvalue weighted by Gasteiger charge is -2.36. The zero-order valence-electron chi connectivity index (χ0n) is 16.7. The number of nitrogens with one attached hydrogen (secondary N) is 1. The molecule has 0 saturated carbocycles. The topological polar surface area (TPSA) is 122 Å². The Morgan fingerprint density at radius 3 is 2.48 bits per heavy atom. The molecular formula is C20H21N5O5S. The van der Waals surface area contributed by atoms with E-state index in [0.717, 1.165) is 10.3 Å². The zero-order valence-corrected chi connectivity index (χ0v) is 17.5. The molecule has 3 aromatic rings. The molecule has 1 aromatic carbocycles. The fraction of sp³-hybridized carbons (Fsp3) is 0.350. The first-order valence-corrected chi connectivity index (χ1v) is 10.8. The lowest BCUT2D eigenvalue weighted by molar-refractivity contribution is -0.384. The second-order valence-electron chi connectivity index (χ2n) is 7.30. The van der Waals surface area contributed by atoms with Gasteiger partial charge in [-0.05, 0) is 30.0 Å². The number of hydrogen-bond acceptors (Lipinski definition) is 7. The largest absolute Gasteiger partial charge is 0.368 e. The smallest absolute Gasteiger partial charge is 0.328 e. The standard InChI is InChI=1S/C20H21N5O5S/c26-17(2-1-8-24-19(27)18-16(7-13-31-18)21-20(24)28)23-11-9-22(10-12-23)14-3-5-15(6-4-14)25(29)30/h3-7,13H,1-2,8-12H2,(H,21,28). The summed E-state index contributed by atoms with van der Waals surface area (Å²) in [5.74, 6) is -0.00923. The van der Waals surface area contributed by atoms with E-state index >= 15 is 0 Å². The highest BCUT2D eigenvalue weighted by Crippen LogP contribution is 2.21. The van der Waals surface area contributed by atoms with Crippen LogP contribution in [0.15, 0.2) is 45.3 Å². The molecule has 2 aromatic heterocycles. The van der Waals surface area contributed by atoms with E-state index in [2.05, 4.69) is 9.88 Å². The normalized spacial score (nSPS) is 14.2. The average molecular weight is 443 g/mol. The van der Waals surface area contributed by atoms with Gasteiger partial charge >= 0.3 is 5.69 Å². The van der Waals surface area contributed by atoms with Crippen molar-refractivity contribution in [1.29, 1.82) is 0 Å². The predicted octanol–water partition coefficient (Wildman–Crippen LogP) is 1.79. The second kappa shape index (κ2) is 8.72. The first kappa shape index (κ1) is 20.8. The Morgan fingerprint density at radius 2 is 1.81 bits per heavy atom. The predicted molar refractivity (Wildman–Crippen MR) is 118 cm³/mol. The number of aromatic amines is 1. The first-order valence-electron chi connectivity index (χ1n) is 9.91. The van der Waals surface area contributed by atoms with Crippen molar-refractivity contribution in [2.45, 2.75) is 19.4 Å². The van der Waals surface area contributed by atoms with Gasteiger partial charge in [0.15, 0.2) is 0 Å². The number of piperazine rings is 1. The van der Waals surface area contributed by atoms with Crippen LogP contribution in [-0.2, 0) is 11.3 Å². The molecule has 162 valence electrons. The summed E-state index contributed by atoms with van der Waals surface area (Å²) in [6, 6.07) is 8.09. The lowest BCUT2D eigenvalue weighted by atomic mass is 10.2. The molecule has 31 heavy (non-hydrogen) atoms. The number of nitro groups is 1. The van der Waals surface area contributed by atoms with E-state index in [4.69, 9.17) is 0 Å². The third-order valence-corrected chi connectivity index (χ3v) is 6.32. The van der Waals surface area contributed by atoms with Crippen LogP contribution in [0.4, 0.5) is 11.4 Å². The molecule has 0 aliphatic carbocycles. The summed E-state index contributed by atoms with van der Waals surface area (Å²) in [7, 11) is 0. The van der Waals surface area contributed by atoms with Crippen molar-refractivity contribution in [3.05, 3.63) is 66.7 Å². The molecule has 0 atom stereocenters. The van der Waals surface area contributed by atoms with Crippen molar-refractivity contribution in [3.8, 4) is 0 Å². The summed E-state index contributed by atoms with van der Waals surface area (Å²) in [5, 5.41) is 12.5. The van der Waals surface area contributed by atoms with Gasteiger partial charge < -0.3 is 14.8 Å². The van der Waals surface area contributed by atoms with Gasteiger partial charge in [-0.15, -0.1) is 11.3 Å². The molecule has 10 nitrogen and oxygen atoms in total. The Bertz CT molecular complexity index is 1220. The van der Waals surface area contributed by atoms with E-state index < -0.39 is 10.6 Å². The van der Waals surface area contributed by atoms with Crippen LogP contribution in [0.1, 0.15) is 12.8 Å². The summed E-state index contributed by atoms with van der Waals surface area (Å²) in [6.45, 7) is 2.57. The summed E-state index contributed by atoms with van der Waals surface area (Å²) < 4.78 is 1.66. The van der Waals surface area contributed by atoms with Gasteiger partial charge in [-0.25, -0.2) is 4.79 Å². The Kier molecular flexibility index (Phi) is 5.85. The molecule has 4 rings (SSSR count). The van der Waals surface area contributed by atoms with Crippen molar-refractivity contribution in [2.24, 2.45) is 0 Å². The van der Waals surface area contributed by atoms with Crippen LogP contribution in [0.5, 0.6) is 0 Å². The minimum absolute atomic E-state index is 0.00923. The van der Waals surface area contributed by atoms with E-state index in [0.29, 0.717) is 42.8 Å². The maximum Gasteiger partial charge on any atom is 0.328 e. The maximum atomic E-state index is 12.6. The maximum absolute atomic E-state index is 12.6. The van der Waals surface area contributed by atoms with E-state index in [9.17, 15) is 24.5 Å². The molecule has 1 amide bonds. The number of anilines is 1. The molecule has 0 bridgehead atoms. The monoisotopic (exact) mass is 443 g/mol. The third-order valence-electron chi connectivity index (χ3n) is 5.42. The highest BCUT2D eigenvalue weighted by molar-refractivity contribution is 7.17. The number of rotatable bonds is 6. The van der Waals surface area contributed by atoms with Crippen molar-refractivity contribution >= 4 is 38.8 Å². The number of hydrogen-bond donors (Lipinski definition) is 1. The van der Waals surface area contributed by atoms with E-state index in [1.165, 1.54) is 23.5 Å². The molecule has 3 heterocycles. The molecule has 0 radical (unpaired) electrons. The van der Waals surface area contributed by atoms with Crippen LogP contribution in [0.25, 0.3) is 10.2 Å². The minimum Gasteiger partial charge on any atom is -0.368 e. The van der Waals surface area contributed by atoms with Gasteiger partial charge in [0.2, 0.25) is 5.91 Å². The fourth-order valence-electron chi connectivity index (χ4n) is 3.72. The summed E-state index contributed by atoms with van der Waals surface area (Å²) in [4.78, 5) is 54.0. The zero-order chi connectivity index (χ0) is 22.0. The SMILES string of the molecule is O=C(CCCn1c(=O)[nH]c2ccsc2c1=O)N1CCN(c2ccc([N+](=O)[O-])cc2)CC1. The van der Waals surface area contributed by atoms with Crippen LogP contribution >= 0.6 is 11.3 Å². The third kappa shape index (κ3) is 4.36. The molecule has 1 N–H and O–H groups in total. The molecule has 0 unspecified atom stereocenters. The number of nitrogens with zero attached hydrogens (tertiary/aromatic N) is 4. The van der Waals surface area contributed by atoms with Gasteiger partial charge in [-0.2, -0.15) is 0 Å². The highest BCUT2D eigenvalue weighted by atomic mass is 32.1. The molecule has 1 fully saturated rings. The minimum atomic E-state index is -0.458. The molecule has 1 aliphatic rings. The van der Waals surface area contributed by atoms with Gasteiger partial charge in [0.25, 0.3) is 11.2 Å². The summed E-state index contributed by atoms with van der Waals surface area (Å²) in [6.07, 6.45) is 0.660. The Morgan fingerprint density at radius 1 is 1.10 bits per heavy atom. The van der Waals surface area contributed by atoms with Gasteiger partial charge in [-0.1, -0.05) is 0 Å². The number of aromatic nitrogens is 2. The lowest BCUT2D eigenvalue weighted by Crippen LogP contribution is -2.48. The Labute approximate surface area is 180 Å². The Balaban J connectivity index is 1.29. The van der Waals surface area contributed by atoms with Crippen LogP contribution in [0, 0.1) is 10.1 Å². The van der Waals surface area contributed by atoms with Gasteiger partial charge in [-0.3, -0.25) is 24.3 Å². The number of amides is 1. The van der Waals surface area contributed by atoms with Gasteiger partial charge in [0.1, 0.15) is 4.70 Å². The van der Waals surface area contributed by atoms with Crippen molar-refractivity contribution in [2.75, 3.05) is 31.1 Å². The van der Waals surface area contributed by atoms with Crippen molar-refractivity contribution in [3.63, 3.8) is 0 Å².